The van der Waals surface area contributed by atoms with Crippen LogP contribution in [0.1, 0.15) is 32.1 Å². The zero-order valence-corrected chi connectivity index (χ0v) is 6.79. The summed E-state index contributed by atoms with van der Waals surface area (Å²) >= 11 is 0. The molecule has 0 saturated heterocycles. The lowest BCUT2D eigenvalue weighted by Crippen LogP contribution is -2.09. The van der Waals surface area contributed by atoms with E-state index in [1.54, 1.807) is 0 Å². The molecule has 1 rings (SSSR count). The monoisotopic (exact) mass is 150 g/mol. The summed E-state index contributed by atoms with van der Waals surface area (Å²) in [5.41, 5.74) is 0. The Bertz CT molecular complexity index is 161. The van der Waals surface area contributed by atoms with Crippen LogP contribution in [-0.4, -0.2) is 12.8 Å². The normalized spacial score (nSPS) is 20.3. The highest BCUT2D eigenvalue weighted by Gasteiger charge is 2.11. The van der Waals surface area contributed by atoms with Crippen molar-refractivity contribution in [3.05, 3.63) is 0 Å². The number of hydrogen-bond donors (Lipinski definition) is 0. The van der Waals surface area contributed by atoms with Gasteiger partial charge >= 0.3 is 0 Å². The van der Waals surface area contributed by atoms with Crippen molar-refractivity contribution in [2.75, 3.05) is 6.54 Å². The van der Waals surface area contributed by atoms with Gasteiger partial charge < -0.3 is 0 Å². The molecule has 2 nitrogen and oxygen atoms in total. The summed E-state index contributed by atoms with van der Waals surface area (Å²) in [6.45, 7) is 0.869. The molecule has 2 heteroatoms. The van der Waals surface area contributed by atoms with Crippen molar-refractivity contribution >= 4 is 6.21 Å². The van der Waals surface area contributed by atoms with E-state index in [2.05, 4.69) is 4.99 Å². The summed E-state index contributed by atoms with van der Waals surface area (Å²) in [6, 6.07) is 1.92. The molecule has 60 valence electrons. The van der Waals surface area contributed by atoms with Crippen LogP contribution in [0.25, 0.3) is 0 Å². The first-order chi connectivity index (χ1) is 5.43. The molecule has 0 amide bonds. The predicted molar refractivity (Wildman–Crippen MR) is 45.5 cm³/mol. The molecule has 1 aliphatic carbocycles. The summed E-state index contributed by atoms with van der Waals surface area (Å²) in [5, 5.41) is 8.20. The first-order valence-electron chi connectivity index (χ1n) is 4.31. The molecule has 0 bridgehead atoms. The van der Waals surface area contributed by atoms with E-state index in [0.29, 0.717) is 0 Å². The molecular weight excluding hydrogens is 136 g/mol. The third-order valence-corrected chi connectivity index (χ3v) is 2.24. The maximum Gasteiger partial charge on any atom is 0.111 e. The van der Waals surface area contributed by atoms with Crippen molar-refractivity contribution in [2.45, 2.75) is 32.1 Å². The Labute approximate surface area is 67.9 Å². The molecule has 1 saturated carbocycles. The van der Waals surface area contributed by atoms with Gasteiger partial charge in [0.05, 0.1) is 6.21 Å². The second-order valence-corrected chi connectivity index (χ2v) is 3.13. The molecule has 0 aromatic carbocycles. The molecule has 0 heterocycles. The first-order valence-corrected chi connectivity index (χ1v) is 4.31. The first kappa shape index (κ1) is 8.26. The maximum absolute atomic E-state index is 8.20. The molecule has 0 aromatic rings. The van der Waals surface area contributed by atoms with Crippen molar-refractivity contribution in [3.8, 4) is 6.07 Å². The third kappa shape index (κ3) is 3.18. The van der Waals surface area contributed by atoms with Crippen LogP contribution in [0.2, 0.25) is 0 Å². The Balaban J connectivity index is 2.15. The van der Waals surface area contributed by atoms with E-state index in [1.807, 2.05) is 6.07 Å². The summed E-state index contributed by atoms with van der Waals surface area (Å²) in [5.74, 6) is 0.758. The third-order valence-electron chi connectivity index (χ3n) is 2.24. The van der Waals surface area contributed by atoms with Gasteiger partial charge in [-0.05, 0) is 18.8 Å². The highest BCUT2D eigenvalue weighted by atomic mass is 14.7. The van der Waals surface area contributed by atoms with E-state index >= 15 is 0 Å². The van der Waals surface area contributed by atoms with E-state index in [0.717, 1.165) is 12.5 Å². The Morgan fingerprint density at radius 2 is 2.09 bits per heavy atom. The van der Waals surface area contributed by atoms with Crippen LogP contribution in [0.3, 0.4) is 0 Å². The van der Waals surface area contributed by atoms with Crippen molar-refractivity contribution in [1.29, 1.82) is 5.26 Å². The fourth-order valence-corrected chi connectivity index (χ4v) is 1.61. The number of hydrogen-bond acceptors (Lipinski definition) is 2. The lowest BCUT2D eigenvalue weighted by atomic mass is 9.89. The Morgan fingerprint density at radius 3 is 2.73 bits per heavy atom. The van der Waals surface area contributed by atoms with Crippen LogP contribution >= 0.6 is 0 Å². The van der Waals surface area contributed by atoms with Gasteiger partial charge in [0.2, 0.25) is 0 Å². The minimum atomic E-state index is 0.758. The van der Waals surface area contributed by atoms with Crippen molar-refractivity contribution in [3.63, 3.8) is 0 Å². The average molecular weight is 150 g/mol. The van der Waals surface area contributed by atoms with Gasteiger partial charge in [0, 0.05) is 6.54 Å². The molecule has 0 aliphatic heterocycles. The van der Waals surface area contributed by atoms with Crippen LogP contribution < -0.4 is 0 Å². The maximum atomic E-state index is 8.20. The van der Waals surface area contributed by atoms with E-state index in [9.17, 15) is 0 Å². The van der Waals surface area contributed by atoms with Gasteiger partial charge in [0.25, 0.3) is 0 Å². The fraction of sp³-hybridized carbons (Fsp3) is 0.778. The van der Waals surface area contributed by atoms with Crippen molar-refractivity contribution in [2.24, 2.45) is 10.9 Å². The fourth-order valence-electron chi connectivity index (χ4n) is 1.61. The lowest BCUT2D eigenvalue weighted by Gasteiger charge is -2.18. The summed E-state index contributed by atoms with van der Waals surface area (Å²) in [4.78, 5) is 4.03. The molecule has 1 fully saturated rings. The van der Waals surface area contributed by atoms with Gasteiger partial charge in [-0.3, -0.25) is 4.99 Å². The highest BCUT2D eigenvalue weighted by Crippen LogP contribution is 2.23. The quantitative estimate of drug-likeness (QED) is 0.555. The topological polar surface area (TPSA) is 36.1 Å². The van der Waals surface area contributed by atoms with Crippen LogP contribution in [0.4, 0.5) is 0 Å². The van der Waals surface area contributed by atoms with E-state index in [-0.39, 0.29) is 0 Å². The second-order valence-electron chi connectivity index (χ2n) is 3.13. The molecule has 0 atom stereocenters. The van der Waals surface area contributed by atoms with E-state index < -0.39 is 0 Å². The number of rotatable bonds is 2. The average Bonchev–Trinajstić information content (AvgIpc) is 2.07. The number of nitrogens with zero attached hydrogens (tertiary/aromatic N) is 2. The summed E-state index contributed by atoms with van der Waals surface area (Å²) in [7, 11) is 0. The highest BCUT2D eigenvalue weighted by molar-refractivity contribution is 5.74. The molecular formula is C9H14N2. The molecule has 0 spiro atoms. The van der Waals surface area contributed by atoms with Gasteiger partial charge in [0.15, 0.2) is 0 Å². The largest absolute Gasteiger partial charge is 0.282 e. The van der Waals surface area contributed by atoms with Gasteiger partial charge in [-0.15, -0.1) is 0 Å². The Morgan fingerprint density at radius 1 is 1.36 bits per heavy atom. The molecule has 0 radical (unpaired) electrons. The minimum Gasteiger partial charge on any atom is -0.282 e. The smallest absolute Gasteiger partial charge is 0.111 e. The summed E-state index contributed by atoms with van der Waals surface area (Å²) in [6.07, 6.45) is 8.07. The molecule has 1 aliphatic rings. The molecule has 0 unspecified atom stereocenters. The molecule has 11 heavy (non-hydrogen) atoms. The molecule has 0 aromatic heterocycles. The SMILES string of the molecule is N#CC=NCC1CCCCC1. The van der Waals surface area contributed by atoms with Crippen LogP contribution in [0, 0.1) is 17.2 Å². The zero-order chi connectivity index (χ0) is 7.94. The van der Waals surface area contributed by atoms with Gasteiger partial charge in [-0.2, -0.15) is 5.26 Å². The van der Waals surface area contributed by atoms with Gasteiger partial charge in [0.1, 0.15) is 6.07 Å². The second kappa shape index (κ2) is 4.90. The van der Waals surface area contributed by atoms with Gasteiger partial charge in [-0.25, -0.2) is 0 Å². The number of nitriles is 1. The van der Waals surface area contributed by atoms with Crippen molar-refractivity contribution in [1.82, 2.24) is 0 Å². The molecule has 0 N–H and O–H groups in total. The Kier molecular flexibility index (Phi) is 3.68. The lowest BCUT2D eigenvalue weighted by molar-refractivity contribution is 0.367. The van der Waals surface area contributed by atoms with E-state index in [4.69, 9.17) is 5.26 Å². The van der Waals surface area contributed by atoms with Crippen LogP contribution in [-0.2, 0) is 0 Å². The Hall–Kier alpha value is -0.840. The number of aliphatic imine (C=N–C) groups is 1. The van der Waals surface area contributed by atoms with Crippen molar-refractivity contribution < 1.29 is 0 Å². The van der Waals surface area contributed by atoms with Crippen LogP contribution in [0.5, 0.6) is 0 Å². The standard InChI is InChI=1S/C9H14N2/c10-6-7-11-8-9-4-2-1-3-5-9/h7,9H,1-5,8H2. The van der Waals surface area contributed by atoms with Gasteiger partial charge in [-0.1, -0.05) is 19.3 Å². The zero-order valence-electron chi connectivity index (χ0n) is 6.79. The van der Waals surface area contributed by atoms with E-state index in [1.165, 1.54) is 38.3 Å². The minimum absolute atomic E-state index is 0.758. The summed E-state index contributed by atoms with van der Waals surface area (Å²) < 4.78 is 0. The van der Waals surface area contributed by atoms with Crippen LogP contribution in [0.15, 0.2) is 4.99 Å². The predicted octanol–water partition coefficient (Wildman–Crippen LogP) is 2.16.